The van der Waals surface area contributed by atoms with E-state index in [1.807, 2.05) is 6.07 Å². The highest BCUT2D eigenvalue weighted by Gasteiger charge is 2.15. The van der Waals surface area contributed by atoms with Crippen LogP contribution in [0.15, 0.2) is 36.0 Å². The van der Waals surface area contributed by atoms with E-state index in [-0.39, 0.29) is 11.7 Å². The molecule has 6 heteroatoms. The van der Waals surface area contributed by atoms with Gasteiger partial charge in [-0.2, -0.15) is 0 Å². The Morgan fingerprint density at radius 1 is 1.18 bits per heavy atom. The van der Waals surface area contributed by atoms with Gasteiger partial charge in [0.15, 0.2) is 6.61 Å². The summed E-state index contributed by atoms with van der Waals surface area (Å²) in [7, 11) is 0. The molecule has 0 saturated carbocycles. The van der Waals surface area contributed by atoms with E-state index < -0.39 is 24.4 Å². The number of hydrogen-bond donors (Lipinski definition) is 2. The molecule has 0 unspecified atom stereocenters. The van der Waals surface area contributed by atoms with Crippen molar-refractivity contribution in [2.24, 2.45) is 0 Å². The molecule has 0 atom stereocenters. The standard InChI is InChI=1S/C16H20N2O4/c1-11(2)17-15(20)10-22-16(21)14(18-12(3)19)9-13-7-5-4-6-8-13/h4-9,11H,10H2,1-3H3,(H,17,20)(H,18,19)/b14-9-. The summed E-state index contributed by atoms with van der Waals surface area (Å²) in [6.07, 6.45) is 1.49. The van der Waals surface area contributed by atoms with Gasteiger partial charge in [0.25, 0.3) is 5.91 Å². The lowest BCUT2D eigenvalue weighted by Crippen LogP contribution is -2.35. The summed E-state index contributed by atoms with van der Waals surface area (Å²) in [6, 6.07) is 8.96. The van der Waals surface area contributed by atoms with Crippen LogP contribution in [0, 0.1) is 0 Å². The molecule has 0 fully saturated rings. The molecule has 22 heavy (non-hydrogen) atoms. The SMILES string of the molecule is CC(=O)N/C(=C\c1ccccc1)C(=O)OCC(=O)NC(C)C. The van der Waals surface area contributed by atoms with Crippen molar-refractivity contribution in [1.82, 2.24) is 10.6 Å². The predicted molar refractivity (Wildman–Crippen MR) is 82.5 cm³/mol. The second kappa shape index (κ2) is 8.61. The first-order chi connectivity index (χ1) is 10.4. The second-order valence-electron chi connectivity index (χ2n) is 4.95. The average Bonchev–Trinajstić information content (AvgIpc) is 2.44. The van der Waals surface area contributed by atoms with Gasteiger partial charge < -0.3 is 15.4 Å². The van der Waals surface area contributed by atoms with Crippen molar-refractivity contribution in [3.8, 4) is 0 Å². The zero-order valence-electron chi connectivity index (χ0n) is 12.9. The topological polar surface area (TPSA) is 84.5 Å². The number of ether oxygens (including phenoxy) is 1. The van der Waals surface area contributed by atoms with Gasteiger partial charge in [-0.25, -0.2) is 4.79 Å². The van der Waals surface area contributed by atoms with Crippen molar-refractivity contribution >= 4 is 23.9 Å². The van der Waals surface area contributed by atoms with Crippen molar-refractivity contribution < 1.29 is 19.1 Å². The molecule has 0 bridgehead atoms. The van der Waals surface area contributed by atoms with Crippen molar-refractivity contribution in [2.75, 3.05) is 6.61 Å². The highest BCUT2D eigenvalue weighted by molar-refractivity contribution is 5.98. The zero-order chi connectivity index (χ0) is 16.5. The van der Waals surface area contributed by atoms with Crippen molar-refractivity contribution in [3.63, 3.8) is 0 Å². The number of benzene rings is 1. The molecule has 1 aromatic carbocycles. The largest absolute Gasteiger partial charge is 0.451 e. The van der Waals surface area contributed by atoms with Crippen LogP contribution in [-0.2, 0) is 19.1 Å². The molecule has 0 saturated heterocycles. The summed E-state index contributed by atoms with van der Waals surface area (Å²) in [5, 5.41) is 5.01. The molecular formula is C16H20N2O4. The van der Waals surface area contributed by atoms with Crippen LogP contribution in [0.3, 0.4) is 0 Å². The number of rotatable bonds is 6. The van der Waals surface area contributed by atoms with Gasteiger partial charge in [0, 0.05) is 13.0 Å². The molecule has 6 nitrogen and oxygen atoms in total. The van der Waals surface area contributed by atoms with E-state index in [4.69, 9.17) is 4.74 Å². The highest BCUT2D eigenvalue weighted by Crippen LogP contribution is 2.06. The lowest BCUT2D eigenvalue weighted by Gasteiger charge is -2.11. The van der Waals surface area contributed by atoms with Crippen molar-refractivity contribution in [3.05, 3.63) is 41.6 Å². The van der Waals surface area contributed by atoms with E-state index in [0.717, 1.165) is 5.56 Å². The predicted octanol–water partition coefficient (Wildman–Crippen LogP) is 1.23. The Labute approximate surface area is 129 Å². The quantitative estimate of drug-likeness (QED) is 0.611. The zero-order valence-corrected chi connectivity index (χ0v) is 12.9. The highest BCUT2D eigenvalue weighted by atomic mass is 16.5. The molecule has 2 N–H and O–H groups in total. The number of esters is 1. The molecule has 1 rings (SSSR count). The van der Waals surface area contributed by atoms with Crippen LogP contribution in [-0.4, -0.2) is 30.4 Å². The second-order valence-corrected chi connectivity index (χ2v) is 4.95. The lowest BCUT2D eigenvalue weighted by molar-refractivity contribution is -0.145. The van der Waals surface area contributed by atoms with Crippen LogP contribution >= 0.6 is 0 Å². The fourth-order valence-corrected chi connectivity index (χ4v) is 1.62. The fourth-order valence-electron chi connectivity index (χ4n) is 1.62. The van der Waals surface area contributed by atoms with Crippen LogP contribution in [0.5, 0.6) is 0 Å². The summed E-state index contributed by atoms with van der Waals surface area (Å²) < 4.78 is 4.91. The number of carbonyl (C=O) groups excluding carboxylic acids is 3. The molecule has 0 radical (unpaired) electrons. The van der Waals surface area contributed by atoms with Crippen LogP contribution in [0.1, 0.15) is 26.3 Å². The Balaban J connectivity index is 2.75. The van der Waals surface area contributed by atoms with Gasteiger partial charge in [-0.05, 0) is 25.5 Å². The van der Waals surface area contributed by atoms with Gasteiger partial charge >= 0.3 is 5.97 Å². The average molecular weight is 304 g/mol. The van der Waals surface area contributed by atoms with Crippen LogP contribution < -0.4 is 10.6 Å². The first kappa shape index (κ1) is 17.4. The van der Waals surface area contributed by atoms with Crippen molar-refractivity contribution in [1.29, 1.82) is 0 Å². The van der Waals surface area contributed by atoms with Gasteiger partial charge in [-0.15, -0.1) is 0 Å². The maximum absolute atomic E-state index is 12.0. The maximum atomic E-state index is 12.0. The van der Waals surface area contributed by atoms with Crippen LogP contribution in [0.4, 0.5) is 0 Å². The van der Waals surface area contributed by atoms with E-state index >= 15 is 0 Å². The fraction of sp³-hybridized carbons (Fsp3) is 0.312. The molecule has 0 spiro atoms. The van der Waals surface area contributed by atoms with Gasteiger partial charge in [0.2, 0.25) is 5.91 Å². The third-order valence-corrected chi connectivity index (χ3v) is 2.43. The number of amides is 2. The van der Waals surface area contributed by atoms with E-state index in [9.17, 15) is 14.4 Å². The minimum atomic E-state index is -0.766. The van der Waals surface area contributed by atoms with Gasteiger partial charge in [0.05, 0.1) is 0 Å². The summed E-state index contributed by atoms with van der Waals surface area (Å²) in [5.41, 5.74) is 0.714. The normalized spacial score (nSPS) is 11.0. The minimum absolute atomic E-state index is 0.0175. The Hall–Kier alpha value is -2.63. The molecule has 0 aromatic heterocycles. The van der Waals surface area contributed by atoms with E-state index in [1.165, 1.54) is 13.0 Å². The molecule has 118 valence electrons. The molecule has 2 amide bonds. The summed E-state index contributed by atoms with van der Waals surface area (Å²) in [6.45, 7) is 4.50. The van der Waals surface area contributed by atoms with Crippen LogP contribution in [0.25, 0.3) is 6.08 Å². The molecular weight excluding hydrogens is 284 g/mol. The Bertz CT molecular complexity index is 565. The third-order valence-electron chi connectivity index (χ3n) is 2.43. The molecule has 0 aliphatic rings. The minimum Gasteiger partial charge on any atom is -0.451 e. The molecule has 0 aliphatic heterocycles. The summed E-state index contributed by atoms with van der Waals surface area (Å²) >= 11 is 0. The summed E-state index contributed by atoms with van der Waals surface area (Å²) in [4.78, 5) is 34.6. The Morgan fingerprint density at radius 2 is 1.82 bits per heavy atom. The van der Waals surface area contributed by atoms with Crippen LogP contribution in [0.2, 0.25) is 0 Å². The third kappa shape index (κ3) is 6.69. The van der Waals surface area contributed by atoms with Gasteiger partial charge in [-0.1, -0.05) is 30.3 Å². The monoisotopic (exact) mass is 304 g/mol. The Morgan fingerprint density at radius 3 is 2.36 bits per heavy atom. The van der Waals surface area contributed by atoms with Gasteiger partial charge in [0.1, 0.15) is 5.70 Å². The van der Waals surface area contributed by atoms with E-state index in [0.29, 0.717) is 0 Å². The first-order valence-corrected chi connectivity index (χ1v) is 6.89. The lowest BCUT2D eigenvalue weighted by atomic mass is 10.2. The summed E-state index contributed by atoms with van der Waals surface area (Å²) in [5.74, 6) is -1.56. The van der Waals surface area contributed by atoms with Gasteiger partial charge in [-0.3, -0.25) is 9.59 Å². The van der Waals surface area contributed by atoms with Crippen molar-refractivity contribution in [2.45, 2.75) is 26.8 Å². The number of carbonyl (C=O) groups is 3. The number of hydrogen-bond acceptors (Lipinski definition) is 4. The maximum Gasteiger partial charge on any atom is 0.355 e. The molecule has 0 aliphatic carbocycles. The smallest absolute Gasteiger partial charge is 0.355 e. The molecule has 1 aromatic rings. The van der Waals surface area contributed by atoms with E-state index in [1.54, 1.807) is 38.1 Å². The van der Waals surface area contributed by atoms with E-state index in [2.05, 4.69) is 10.6 Å². The first-order valence-electron chi connectivity index (χ1n) is 6.89. The Kier molecular flexibility index (Phi) is 6.82. The molecule has 0 heterocycles. The number of nitrogens with one attached hydrogen (secondary N) is 2.